The van der Waals surface area contributed by atoms with Crippen molar-refractivity contribution < 1.29 is 4.39 Å². The van der Waals surface area contributed by atoms with Gasteiger partial charge < -0.3 is 0 Å². The topological polar surface area (TPSA) is 0 Å². The van der Waals surface area contributed by atoms with Crippen LogP contribution in [0.1, 0.15) is 69.9 Å². The second-order valence-electron chi connectivity index (χ2n) is 6.74. The van der Waals surface area contributed by atoms with Gasteiger partial charge in [0.2, 0.25) is 0 Å². The minimum Gasteiger partial charge on any atom is -0.206 e. The fraction of sp³-hybridized carbons (Fsp3) is 0.545. The van der Waals surface area contributed by atoms with Crippen LogP contribution in [0.25, 0.3) is 0 Å². The maximum atomic E-state index is 14.0. The van der Waals surface area contributed by atoms with Crippen molar-refractivity contribution >= 4 is 0 Å². The molecule has 1 aromatic rings. The first-order chi connectivity index (χ1) is 11.2. The Morgan fingerprint density at radius 2 is 1.96 bits per heavy atom. The molecule has 2 rings (SSSR count). The van der Waals surface area contributed by atoms with Crippen molar-refractivity contribution in [3.63, 3.8) is 0 Å². The van der Waals surface area contributed by atoms with Gasteiger partial charge in [-0.15, -0.1) is 0 Å². The van der Waals surface area contributed by atoms with Crippen LogP contribution < -0.4 is 0 Å². The van der Waals surface area contributed by atoms with Gasteiger partial charge in [0.15, 0.2) is 0 Å². The molecule has 23 heavy (non-hydrogen) atoms. The van der Waals surface area contributed by atoms with Crippen molar-refractivity contribution in [2.24, 2.45) is 11.8 Å². The number of allylic oxidation sites excluding steroid dienone is 2. The molecule has 1 aromatic carbocycles. The van der Waals surface area contributed by atoms with E-state index in [1.54, 1.807) is 6.07 Å². The van der Waals surface area contributed by atoms with Crippen molar-refractivity contribution in [1.82, 2.24) is 0 Å². The lowest BCUT2D eigenvalue weighted by atomic mass is 9.81. The number of hydrogen-bond donors (Lipinski definition) is 0. The molecule has 1 saturated carbocycles. The summed E-state index contributed by atoms with van der Waals surface area (Å²) in [6.07, 6.45) is 13.9. The molecular formula is C22H29F. The Balaban J connectivity index is 1.88. The van der Waals surface area contributed by atoms with Crippen LogP contribution >= 0.6 is 0 Å². The van der Waals surface area contributed by atoms with E-state index in [0.717, 1.165) is 30.7 Å². The number of unbranched alkanes of at least 4 members (excludes halogenated alkanes) is 1. The van der Waals surface area contributed by atoms with Gasteiger partial charge in [-0.2, -0.15) is 0 Å². The Bertz CT molecular complexity index is 565. The predicted octanol–water partition coefficient (Wildman–Crippen LogP) is 6.29. The van der Waals surface area contributed by atoms with Crippen molar-refractivity contribution in [1.29, 1.82) is 0 Å². The molecule has 0 saturated heterocycles. The lowest BCUT2D eigenvalue weighted by Crippen LogP contribution is -2.11. The van der Waals surface area contributed by atoms with Gasteiger partial charge in [0.1, 0.15) is 5.82 Å². The third-order valence-electron chi connectivity index (χ3n) is 4.98. The molecule has 0 aliphatic heterocycles. The van der Waals surface area contributed by atoms with E-state index >= 15 is 0 Å². The van der Waals surface area contributed by atoms with Gasteiger partial charge in [0, 0.05) is 0 Å². The Morgan fingerprint density at radius 1 is 1.17 bits per heavy atom. The third kappa shape index (κ3) is 5.87. The van der Waals surface area contributed by atoms with Gasteiger partial charge in [0.05, 0.1) is 5.56 Å². The largest absolute Gasteiger partial charge is 0.206 e. The zero-order chi connectivity index (χ0) is 16.5. The summed E-state index contributed by atoms with van der Waals surface area (Å²) in [4.78, 5) is 0. The number of benzene rings is 1. The molecule has 0 atom stereocenters. The standard InChI is InChI=1S/C22H29F/c1-3-5-8-20-15-16-21(22(23)17-20)10-7-6-9-19-13-11-18(4-2)12-14-19/h6,9,15-19H,3-5,8,11-14H2,1-2H3/b9-6+/t18-,19-. The molecule has 0 radical (unpaired) electrons. The van der Waals surface area contributed by atoms with Crippen LogP contribution in [0, 0.1) is 29.5 Å². The van der Waals surface area contributed by atoms with Crippen LogP contribution in [0.5, 0.6) is 0 Å². The molecule has 0 unspecified atom stereocenters. The van der Waals surface area contributed by atoms with Gasteiger partial charge in [-0.3, -0.25) is 0 Å². The zero-order valence-corrected chi connectivity index (χ0v) is 14.6. The second kappa shape index (κ2) is 9.56. The van der Waals surface area contributed by atoms with Crippen LogP contribution in [0.15, 0.2) is 30.4 Å². The second-order valence-corrected chi connectivity index (χ2v) is 6.74. The number of rotatable bonds is 5. The average Bonchev–Trinajstić information content (AvgIpc) is 2.58. The lowest BCUT2D eigenvalue weighted by Gasteiger charge is -2.25. The highest BCUT2D eigenvalue weighted by Crippen LogP contribution is 2.31. The predicted molar refractivity (Wildman–Crippen MR) is 96.8 cm³/mol. The van der Waals surface area contributed by atoms with E-state index in [9.17, 15) is 4.39 Å². The molecule has 1 fully saturated rings. The Kier molecular flexibility index (Phi) is 7.40. The van der Waals surface area contributed by atoms with E-state index in [0.29, 0.717) is 11.5 Å². The average molecular weight is 312 g/mol. The number of hydrogen-bond acceptors (Lipinski definition) is 0. The summed E-state index contributed by atoms with van der Waals surface area (Å²) < 4.78 is 14.0. The first-order valence-electron chi connectivity index (χ1n) is 9.19. The minimum absolute atomic E-state index is 0.192. The Labute approximate surface area is 141 Å². The van der Waals surface area contributed by atoms with Gasteiger partial charge in [-0.05, 0) is 74.1 Å². The Morgan fingerprint density at radius 3 is 2.61 bits per heavy atom. The van der Waals surface area contributed by atoms with E-state index in [-0.39, 0.29) is 5.82 Å². The van der Waals surface area contributed by atoms with Crippen molar-refractivity contribution in [2.75, 3.05) is 0 Å². The fourth-order valence-electron chi connectivity index (χ4n) is 3.29. The van der Waals surface area contributed by atoms with E-state index in [2.05, 4.69) is 31.8 Å². The molecule has 1 aliphatic carbocycles. The molecule has 124 valence electrons. The summed E-state index contributed by atoms with van der Waals surface area (Å²) in [6, 6.07) is 5.45. The van der Waals surface area contributed by atoms with Gasteiger partial charge in [0.25, 0.3) is 0 Å². The number of halogens is 1. The smallest absolute Gasteiger partial charge is 0.139 e. The molecule has 1 aliphatic rings. The summed E-state index contributed by atoms with van der Waals surface area (Å²) in [7, 11) is 0. The van der Waals surface area contributed by atoms with Crippen molar-refractivity contribution in [2.45, 2.75) is 65.2 Å². The summed E-state index contributed by atoms with van der Waals surface area (Å²) in [5.41, 5.74) is 1.57. The van der Waals surface area contributed by atoms with E-state index in [1.807, 2.05) is 18.2 Å². The third-order valence-corrected chi connectivity index (χ3v) is 4.98. The van der Waals surface area contributed by atoms with E-state index in [4.69, 9.17) is 0 Å². The monoisotopic (exact) mass is 312 g/mol. The molecule has 0 amide bonds. The molecule has 0 spiro atoms. The highest BCUT2D eigenvalue weighted by molar-refractivity contribution is 5.39. The summed E-state index contributed by atoms with van der Waals surface area (Å²) >= 11 is 0. The highest BCUT2D eigenvalue weighted by atomic mass is 19.1. The van der Waals surface area contributed by atoms with E-state index in [1.165, 1.54) is 32.1 Å². The molecule has 1 heteroatoms. The molecule has 0 nitrogen and oxygen atoms in total. The van der Waals surface area contributed by atoms with Gasteiger partial charge in [-0.25, -0.2) is 4.39 Å². The van der Waals surface area contributed by atoms with E-state index < -0.39 is 0 Å². The van der Waals surface area contributed by atoms with Gasteiger partial charge >= 0.3 is 0 Å². The summed E-state index contributed by atoms with van der Waals surface area (Å²) in [6.45, 7) is 4.44. The van der Waals surface area contributed by atoms with Crippen LogP contribution in [-0.4, -0.2) is 0 Å². The normalized spacial score (nSPS) is 21.2. The first-order valence-corrected chi connectivity index (χ1v) is 9.19. The minimum atomic E-state index is -0.192. The number of aryl methyl sites for hydroxylation is 1. The molecular weight excluding hydrogens is 283 g/mol. The van der Waals surface area contributed by atoms with Crippen molar-refractivity contribution in [3.05, 3.63) is 47.3 Å². The zero-order valence-electron chi connectivity index (χ0n) is 14.6. The fourth-order valence-corrected chi connectivity index (χ4v) is 3.29. The van der Waals surface area contributed by atoms with Crippen molar-refractivity contribution in [3.8, 4) is 11.8 Å². The SMILES string of the molecule is CCCCc1ccc(C#C/C=C/[C@H]2CC[C@H](CC)CC2)c(F)c1. The molecule has 0 N–H and O–H groups in total. The van der Waals surface area contributed by atoms with Crippen LogP contribution in [0.3, 0.4) is 0 Å². The Hall–Kier alpha value is -1.55. The quantitative estimate of drug-likeness (QED) is 0.560. The van der Waals surface area contributed by atoms with Crippen LogP contribution in [-0.2, 0) is 6.42 Å². The highest BCUT2D eigenvalue weighted by Gasteiger charge is 2.17. The molecule has 0 aromatic heterocycles. The lowest BCUT2D eigenvalue weighted by molar-refractivity contribution is 0.304. The summed E-state index contributed by atoms with van der Waals surface area (Å²) in [5.74, 6) is 7.34. The summed E-state index contributed by atoms with van der Waals surface area (Å²) in [5, 5.41) is 0. The molecule has 0 bridgehead atoms. The maximum absolute atomic E-state index is 14.0. The maximum Gasteiger partial charge on any atom is 0.139 e. The first kappa shape index (κ1) is 17.8. The van der Waals surface area contributed by atoms with Crippen LogP contribution in [0.2, 0.25) is 0 Å². The van der Waals surface area contributed by atoms with Crippen LogP contribution in [0.4, 0.5) is 4.39 Å². The van der Waals surface area contributed by atoms with Gasteiger partial charge in [-0.1, -0.05) is 50.7 Å². The molecule has 0 heterocycles.